The summed E-state index contributed by atoms with van der Waals surface area (Å²) in [5.41, 5.74) is 0. The monoisotopic (exact) mass is 400 g/mol. The lowest BCUT2D eigenvalue weighted by Gasteiger charge is -2.37. The van der Waals surface area contributed by atoms with Gasteiger partial charge in [0.15, 0.2) is 5.78 Å². The summed E-state index contributed by atoms with van der Waals surface area (Å²) < 4.78 is 28.7. The van der Waals surface area contributed by atoms with Crippen molar-refractivity contribution >= 4 is 19.4 Å². The summed E-state index contributed by atoms with van der Waals surface area (Å²) >= 11 is 0. The van der Waals surface area contributed by atoms with Gasteiger partial charge in [-0.15, -0.1) is 0 Å². The molecule has 0 amide bonds. The number of carbonyl (C=O) groups excluding carboxylic acids is 2. The molecule has 0 saturated carbocycles. The zero-order valence-corrected chi connectivity index (χ0v) is 17.0. The van der Waals surface area contributed by atoms with Gasteiger partial charge in [0, 0.05) is 25.2 Å². The number of aliphatic hydroxyl groups excluding tert-OH is 1. The third kappa shape index (κ3) is 6.11. The summed E-state index contributed by atoms with van der Waals surface area (Å²) in [6.07, 6.45) is 5.67. The van der Waals surface area contributed by atoms with Crippen molar-refractivity contribution in [1.29, 1.82) is 0 Å². The molecule has 27 heavy (non-hydrogen) atoms. The number of aliphatic hydroxyl groups is 1. The molecule has 4 atom stereocenters. The van der Waals surface area contributed by atoms with Crippen molar-refractivity contribution in [3.05, 3.63) is 24.0 Å². The van der Waals surface area contributed by atoms with E-state index in [0.29, 0.717) is 18.6 Å². The first-order valence-corrected chi connectivity index (χ1v) is 10.9. The highest BCUT2D eigenvalue weighted by atomic mass is 31.2. The largest absolute Gasteiger partial charge is 0.529 e. The van der Waals surface area contributed by atoms with Gasteiger partial charge < -0.3 is 9.63 Å². The van der Waals surface area contributed by atoms with Crippen LogP contribution in [0, 0.1) is 17.8 Å². The molecule has 0 aromatic carbocycles. The molecular weight excluding hydrogens is 371 g/mol. The maximum absolute atomic E-state index is 12.7. The van der Waals surface area contributed by atoms with Gasteiger partial charge in [-0.05, 0) is 51.2 Å². The first kappa shape index (κ1) is 22.0. The summed E-state index contributed by atoms with van der Waals surface area (Å²) in [7, 11) is -3.73. The summed E-state index contributed by atoms with van der Waals surface area (Å²) in [6.45, 7) is 5.30. The molecule has 0 aromatic heterocycles. The highest BCUT2D eigenvalue weighted by molar-refractivity contribution is 7.48. The Morgan fingerprint density at radius 3 is 2.59 bits per heavy atom. The molecule has 7 nitrogen and oxygen atoms in total. The summed E-state index contributed by atoms with van der Waals surface area (Å²) in [5.74, 6) is -0.387. The van der Waals surface area contributed by atoms with E-state index in [4.69, 9.17) is 13.6 Å². The second-order valence-electron chi connectivity index (χ2n) is 7.00. The number of phosphoric ester groups is 1. The molecule has 0 aliphatic heterocycles. The van der Waals surface area contributed by atoms with E-state index in [1.165, 1.54) is 0 Å². The Hall–Kier alpha value is -1.27. The first-order valence-electron chi connectivity index (χ1n) is 9.47. The SMILES string of the molecule is CCOP(=O)(OCC)OC1=CC(CC(=O)CC(C)O)[C@H]2C(=O)C=CC[C@H]2C1. The van der Waals surface area contributed by atoms with Crippen molar-refractivity contribution in [3.63, 3.8) is 0 Å². The van der Waals surface area contributed by atoms with Crippen LogP contribution in [0.25, 0.3) is 0 Å². The van der Waals surface area contributed by atoms with Gasteiger partial charge in [0.2, 0.25) is 0 Å². The average molecular weight is 400 g/mol. The summed E-state index contributed by atoms with van der Waals surface area (Å²) in [4.78, 5) is 24.7. The standard InChI is InChI=1S/C19H29O7P/c1-4-24-27(23,25-5-2)26-17-11-14-7-6-8-18(22)19(14)15(12-17)10-16(21)9-13(3)20/h6,8,12-15,19-20H,4-5,7,9-11H2,1-3H3/t13?,14-,15?,19-/m0/s1. The number of rotatable bonds is 10. The minimum atomic E-state index is -3.73. The van der Waals surface area contributed by atoms with Crippen LogP contribution in [0.15, 0.2) is 24.0 Å². The molecule has 0 fully saturated rings. The molecule has 0 saturated heterocycles. The second-order valence-corrected chi connectivity index (χ2v) is 8.59. The Balaban J connectivity index is 2.24. The lowest BCUT2D eigenvalue weighted by Crippen LogP contribution is -2.36. The van der Waals surface area contributed by atoms with Gasteiger partial charge in [0.05, 0.1) is 19.3 Å². The minimum absolute atomic E-state index is 0.00537. The van der Waals surface area contributed by atoms with Crippen LogP contribution in [0.2, 0.25) is 0 Å². The van der Waals surface area contributed by atoms with Crippen LogP contribution in [-0.4, -0.2) is 36.0 Å². The molecule has 2 rings (SSSR count). The fraction of sp³-hybridized carbons (Fsp3) is 0.684. The predicted molar refractivity (Wildman–Crippen MR) is 99.8 cm³/mol. The Morgan fingerprint density at radius 2 is 2.00 bits per heavy atom. The molecule has 152 valence electrons. The molecule has 8 heteroatoms. The van der Waals surface area contributed by atoms with Gasteiger partial charge in [-0.2, -0.15) is 0 Å². The van der Waals surface area contributed by atoms with Gasteiger partial charge in [-0.3, -0.25) is 18.6 Å². The summed E-state index contributed by atoms with van der Waals surface area (Å²) in [5, 5.41) is 9.45. The zero-order valence-electron chi connectivity index (χ0n) is 16.1. The average Bonchev–Trinajstić information content (AvgIpc) is 2.53. The van der Waals surface area contributed by atoms with Gasteiger partial charge in [0.1, 0.15) is 11.5 Å². The van der Waals surface area contributed by atoms with Crippen LogP contribution in [-0.2, 0) is 27.7 Å². The van der Waals surface area contributed by atoms with Crippen molar-refractivity contribution in [3.8, 4) is 0 Å². The van der Waals surface area contributed by atoms with Gasteiger partial charge in [-0.25, -0.2) is 4.57 Å². The normalized spacial score (nSPS) is 26.3. The van der Waals surface area contributed by atoms with Crippen molar-refractivity contribution < 1.29 is 32.8 Å². The van der Waals surface area contributed by atoms with E-state index in [-0.39, 0.29) is 55.4 Å². The number of carbonyl (C=O) groups is 2. The number of fused-ring (bicyclic) bond motifs is 1. The van der Waals surface area contributed by atoms with E-state index in [0.717, 1.165) is 0 Å². The third-order valence-electron chi connectivity index (χ3n) is 4.67. The molecule has 1 N–H and O–H groups in total. The lowest BCUT2D eigenvalue weighted by molar-refractivity contribution is -0.125. The van der Waals surface area contributed by atoms with Crippen LogP contribution in [0.1, 0.15) is 46.5 Å². The van der Waals surface area contributed by atoms with Crippen LogP contribution in [0.3, 0.4) is 0 Å². The van der Waals surface area contributed by atoms with E-state index in [1.54, 1.807) is 32.9 Å². The Labute approximate surface area is 160 Å². The smallest absolute Gasteiger partial charge is 0.409 e. The quantitative estimate of drug-likeness (QED) is 0.560. The van der Waals surface area contributed by atoms with Gasteiger partial charge in [-0.1, -0.05) is 6.08 Å². The first-order chi connectivity index (χ1) is 12.8. The van der Waals surface area contributed by atoms with E-state index >= 15 is 0 Å². The van der Waals surface area contributed by atoms with Crippen molar-refractivity contribution in [2.24, 2.45) is 17.8 Å². The highest BCUT2D eigenvalue weighted by Gasteiger charge is 2.41. The van der Waals surface area contributed by atoms with Crippen LogP contribution < -0.4 is 0 Å². The Kier molecular flexibility index (Phi) is 7.98. The van der Waals surface area contributed by atoms with E-state index < -0.39 is 13.9 Å². The van der Waals surface area contributed by atoms with Crippen LogP contribution in [0.4, 0.5) is 0 Å². The third-order valence-corrected chi connectivity index (χ3v) is 6.28. The van der Waals surface area contributed by atoms with E-state index in [1.807, 2.05) is 6.08 Å². The molecule has 2 aliphatic rings. The van der Waals surface area contributed by atoms with E-state index in [9.17, 15) is 19.3 Å². The number of hydrogen-bond acceptors (Lipinski definition) is 7. The number of allylic oxidation sites excluding steroid dienone is 4. The second kappa shape index (κ2) is 9.78. The molecular formula is C19H29O7P. The fourth-order valence-electron chi connectivity index (χ4n) is 3.77. The van der Waals surface area contributed by atoms with Crippen molar-refractivity contribution in [2.45, 2.75) is 52.6 Å². The van der Waals surface area contributed by atoms with Crippen molar-refractivity contribution in [1.82, 2.24) is 0 Å². The number of hydrogen-bond donors (Lipinski definition) is 1. The Morgan fingerprint density at radius 1 is 1.33 bits per heavy atom. The molecule has 0 radical (unpaired) electrons. The fourth-order valence-corrected chi connectivity index (χ4v) is 5.00. The zero-order chi connectivity index (χ0) is 20.0. The van der Waals surface area contributed by atoms with Crippen LogP contribution in [0.5, 0.6) is 0 Å². The lowest BCUT2D eigenvalue weighted by atomic mass is 9.68. The predicted octanol–water partition coefficient (Wildman–Crippen LogP) is 3.58. The summed E-state index contributed by atoms with van der Waals surface area (Å²) in [6, 6.07) is 0. The van der Waals surface area contributed by atoms with Crippen LogP contribution >= 0.6 is 7.82 Å². The van der Waals surface area contributed by atoms with E-state index in [2.05, 4.69) is 0 Å². The van der Waals surface area contributed by atoms with Crippen molar-refractivity contribution in [2.75, 3.05) is 13.2 Å². The Bertz CT molecular complexity index is 642. The number of ketones is 2. The maximum Gasteiger partial charge on any atom is 0.529 e. The maximum atomic E-state index is 12.7. The molecule has 0 spiro atoms. The minimum Gasteiger partial charge on any atom is -0.409 e. The molecule has 2 unspecified atom stereocenters. The molecule has 0 bridgehead atoms. The highest BCUT2D eigenvalue weighted by Crippen LogP contribution is 2.54. The van der Waals surface area contributed by atoms with Gasteiger partial charge in [0.25, 0.3) is 0 Å². The van der Waals surface area contributed by atoms with Gasteiger partial charge >= 0.3 is 7.82 Å². The molecule has 2 aliphatic carbocycles. The topological polar surface area (TPSA) is 99.1 Å². The number of phosphoric acid groups is 1. The molecule has 0 aromatic rings. The molecule has 0 heterocycles. The number of Topliss-reactive ketones (excluding diaryl/α,β-unsaturated/α-hetero) is 1.